The zero-order chi connectivity index (χ0) is 42.8. The van der Waals surface area contributed by atoms with Gasteiger partial charge in [0, 0.05) is 11.5 Å². The van der Waals surface area contributed by atoms with Gasteiger partial charge in [-0.15, -0.1) is 0 Å². The van der Waals surface area contributed by atoms with Gasteiger partial charge in [0.25, 0.3) is 5.91 Å². The lowest BCUT2D eigenvalue weighted by atomic mass is 9.54. The Morgan fingerprint density at radius 2 is 1.10 bits per heavy atom. The molecule has 0 aromatic heterocycles. The molecule has 304 valence electrons. The normalized spacial score (nSPS) is 20.1. The van der Waals surface area contributed by atoms with Crippen molar-refractivity contribution in [2.45, 2.75) is 42.7 Å². The van der Waals surface area contributed by atoms with Crippen LogP contribution in [0.2, 0.25) is 0 Å². The van der Waals surface area contributed by atoms with Gasteiger partial charge in [0.15, 0.2) is 0 Å². The maximum absolute atomic E-state index is 17.2. The molecule has 5 aliphatic rings. The fourth-order valence-electron chi connectivity index (χ4n) is 10.9. The number of fused-ring (bicyclic) bond motifs is 2. The Labute approximate surface area is 365 Å². The molecule has 8 aromatic rings. The number of carbonyl (C=O) groups is 4. The molecule has 4 amide bonds. The first kappa shape index (κ1) is 38.2. The molecular weight excluding hydrogens is 777 g/mol. The Morgan fingerprint density at radius 1 is 0.556 bits per heavy atom. The molecule has 63 heavy (non-hydrogen) atoms. The summed E-state index contributed by atoms with van der Waals surface area (Å²) in [4.78, 5) is 66.9. The Bertz CT molecular complexity index is 3150. The molecule has 3 heterocycles. The third-order valence-electron chi connectivity index (χ3n) is 13.7. The predicted molar refractivity (Wildman–Crippen MR) is 246 cm³/mol. The second-order valence-electron chi connectivity index (χ2n) is 16.9. The molecule has 0 spiro atoms. The number of benzene rings is 8. The molecule has 0 saturated carbocycles. The summed E-state index contributed by atoms with van der Waals surface area (Å²) in [5, 5.41) is 3.56. The molecule has 3 aliphatic heterocycles. The van der Waals surface area contributed by atoms with Gasteiger partial charge in [-0.05, 0) is 79.0 Å². The second kappa shape index (κ2) is 15.0. The van der Waals surface area contributed by atoms with Crippen LogP contribution in [0.3, 0.4) is 0 Å². The molecular formula is C57H42N2O4. The SMILES string of the molecule is C[C@@H](c1cccc2ccccc12)N(C(=O)c1cccc2ccccc12)C(=O)C12c3ccccc3C(C(=O)N(Cc3ccccc3)C(=O)C3C=CC1c1ccccc13)c1ccccc12. The van der Waals surface area contributed by atoms with Crippen molar-refractivity contribution in [2.24, 2.45) is 0 Å². The Morgan fingerprint density at radius 3 is 1.79 bits per heavy atom. The van der Waals surface area contributed by atoms with Crippen LogP contribution in [0, 0.1) is 0 Å². The lowest BCUT2D eigenvalue weighted by Crippen LogP contribution is -2.56. The van der Waals surface area contributed by atoms with Crippen LogP contribution in [0.25, 0.3) is 21.5 Å². The van der Waals surface area contributed by atoms with Crippen LogP contribution in [-0.2, 0) is 26.3 Å². The highest BCUT2D eigenvalue weighted by molar-refractivity contribution is 6.16. The Kier molecular flexibility index (Phi) is 9.12. The predicted octanol–water partition coefficient (Wildman–Crippen LogP) is 11.2. The summed E-state index contributed by atoms with van der Waals surface area (Å²) in [6.07, 6.45) is 3.88. The standard InChI is InChI=1S/C57H42N2O4/c1-36(40-29-15-21-38-19-5-7-23-41(38)40)59(54(61)45-30-16-22-39-20-6-8-24-42(39)45)56(63)57-49-31-13-11-27-47(49)52(48-28-12-14-32-50(48)57)55(62)58(35-37-17-3-2-4-18-37)53(60)46-33-34-51(57)44-26-10-9-25-43(44)46/h2-34,36,46,51-52H,35H2,1H3/t36-,46?,51?,52?,57?/m0/s1. The van der Waals surface area contributed by atoms with Gasteiger partial charge >= 0.3 is 0 Å². The van der Waals surface area contributed by atoms with Crippen LogP contribution in [0.15, 0.2) is 200 Å². The number of allylic oxidation sites excluding steroid dienone is 1. The summed E-state index contributed by atoms with van der Waals surface area (Å²) in [7, 11) is 0. The van der Waals surface area contributed by atoms with E-state index in [4.69, 9.17) is 0 Å². The van der Waals surface area contributed by atoms with Gasteiger partial charge in [0.2, 0.25) is 17.7 Å². The van der Waals surface area contributed by atoms with Crippen LogP contribution in [0.5, 0.6) is 0 Å². The number of imide groups is 2. The fraction of sp³-hybridized carbons (Fsp3) is 0.123. The Balaban J connectivity index is 1.23. The van der Waals surface area contributed by atoms with Gasteiger partial charge in [0.05, 0.1) is 24.4 Å². The number of rotatable bonds is 6. The molecule has 13 rings (SSSR count). The number of nitrogens with zero attached hydrogens (tertiary/aromatic N) is 2. The van der Waals surface area contributed by atoms with Crippen molar-refractivity contribution in [3.05, 3.63) is 250 Å². The summed E-state index contributed by atoms with van der Waals surface area (Å²) in [5.41, 5.74) is 4.52. The van der Waals surface area contributed by atoms with E-state index < -0.39 is 41.0 Å². The Hall–Kier alpha value is -7.70. The van der Waals surface area contributed by atoms with E-state index >= 15 is 19.2 Å². The zero-order valence-electron chi connectivity index (χ0n) is 34.6. The molecule has 0 radical (unpaired) electrons. The van der Waals surface area contributed by atoms with Gasteiger partial charge in [-0.2, -0.15) is 0 Å². The average Bonchev–Trinajstić information content (AvgIpc) is 3.36. The van der Waals surface area contributed by atoms with E-state index in [1.54, 1.807) is 6.07 Å². The van der Waals surface area contributed by atoms with E-state index in [0.29, 0.717) is 27.8 Å². The summed E-state index contributed by atoms with van der Waals surface area (Å²) in [6.45, 7) is 2.02. The first-order valence-electron chi connectivity index (χ1n) is 21.6. The van der Waals surface area contributed by atoms with E-state index in [1.165, 1.54) is 9.80 Å². The molecule has 3 atom stereocenters. The second-order valence-corrected chi connectivity index (χ2v) is 16.9. The van der Waals surface area contributed by atoms with Crippen LogP contribution in [0.4, 0.5) is 0 Å². The smallest absolute Gasteiger partial charge is 0.261 e. The molecule has 2 aliphatic carbocycles. The number of amides is 4. The summed E-state index contributed by atoms with van der Waals surface area (Å²) < 4.78 is 0. The number of hydrogen-bond acceptors (Lipinski definition) is 4. The van der Waals surface area contributed by atoms with Crippen molar-refractivity contribution in [1.82, 2.24) is 9.80 Å². The van der Waals surface area contributed by atoms with E-state index in [-0.39, 0.29) is 18.4 Å². The highest BCUT2D eigenvalue weighted by Crippen LogP contribution is 2.58. The monoisotopic (exact) mass is 818 g/mol. The van der Waals surface area contributed by atoms with E-state index in [2.05, 4.69) is 0 Å². The van der Waals surface area contributed by atoms with Crippen molar-refractivity contribution < 1.29 is 19.2 Å². The van der Waals surface area contributed by atoms with Crippen molar-refractivity contribution in [1.29, 1.82) is 0 Å². The minimum Gasteiger partial charge on any atom is -0.276 e. The third kappa shape index (κ3) is 5.78. The van der Waals surface area contributed by atoms with Crippen LogP contribution < -0.4 is 0 Å². The summed E-state index contributed by atoms with van der Waals surface area (Å²) in [5.74, 6) is -3.93. The van der Waals surface area contributed by atoms with Crippen molar-refractivity contribution in [3.8, 4) is 0 Å². The lowest BCUT2D eigenvalue weighted by molar-refractivity contribution is -0.146. The van der Waals surface area contributed by atoms with Crippen LogP contribution in [0.1, 0.15) is 85.6 Å². The van der Waals surface area contributed by atoms with Crippen molar-refractivity contribution in [2.75, 3.05) is 0 Å². The maximum Gasteiger partial charge on any atom is 0.261 e. The molecule has 6 nitrogen and oxygen atoms in total. The van der Waals surface area contributed by atoms with Crippen LogP contribution in [-0.4, -0.2) is 33.4 Å². The zero-order valence-corrected chi connectivity index (χ0v) is 34.6. The van der Waals surface area contributed by atoms with E-state index in [9.17, 15) is 0 Å². The van der Waals surface area contributed by atoms with Gasteiger partial charge in [-0.25, -0.2) is 0 Å². The minimum atomic E-state index is -1.59. The molecule has 6 heteroatoms. The van der Waals surface area contributed by atoms with Crippen LogP contribution >= 0.6 is 0 Å². The molecule has 4 bridgehead atoms. The van der Waals surface area contributed by atoms with E-state index in [1.807, 2.05) is 201 Å². The molecule has 2 unspecified atom stereocenters. The van der Waals surface area contributed by atoms with Gasteiger partial charge in [0.1, 0.15) is 5.41 Å². The molecule has 0 saturated heterocycles. The van der Waals surface area contributed by atoms with Crippen molar-refractivity contribution in [3.63, 3.8) is 0 Å². The van der Waals surface area contributed by atoms with E-state index in [0.717, 1.165) is 43.8 Å². The highest BCUT2D eigenvalue weighted by Gasteiger charge is 2.60. The largest absolute Gasteiger partial charge is 0.276 e. The molecule has 8 aromatic carbocycles. The third-order valence-corrected chi connectivity index (χ3v) is 13.7. The van der Waals surface area contributed by atoms with Gasteiger partial charge in [-0.3, -0.25) is 29.0 Å². The number of carbonyl (C=O) groups excluding carboxylic acids is 4. The summed E-state index contributed by atoms with van der Waals surface area (Å²) >= 11 is 0. The van der Waals surface area contributed by atoms with Crippen molar-refractivity contribution >= 4 is 45.2 Å². The topological polar surface area (TPSA) is 74.8 Å². The first-order chi connectivity index (χ1) is 30.9. The molecule has 0 fully saturated rings. The highest BCUT2D eigenvalue weighted by atomic mass is 16.2. The average molecular weight is 819 g/mol. The maximum atomic E-state index is 17.2. The summed E-state index contributed by atoms with van der Waals surface area (Å²) in [6, 6.07) is 59.5. The number of hydrogen-bond donors (Lipinski definition) is 0. The van der Waals surface area contributed by atoms with Gasteiger partial charge < -0.3 is 0 Å². The first-order valence-corrected chi connectivity index (χ1v) is 21.6. The lowest BCUT2D eigenvalue weighted by Gasteiger charge is -2.49. The fourth-order valence-corrected chi connectivity index (χ4v) is 10.9. The van der Waals surface area contributed by atoms with Gasteiger partial charge in [-0.1, -0.05) is 194 Å². The quantitative estimate of drug-likeness (QED) is 0.124. The molecule has 0 N–H and O–H groups in total. The minimum absolute atomic E-state index is 0.0786.